The first-order valence-corrected chi connectivity index (χ1v) is 9.86. The van der Waals surface area contributed by atoms with Gasteiger partial charge in [-0.05, 0) is 50.8 Å². The molecule has 1 heterocycles. The molecule has 0 radical (unpaired) electrons. The van der Waals surface area contributed by atoms with Crippen molar-refractivity contribution in [3.05, 3.63) is 65.0 Å². The molecule has 6 heteroatoms. The predicted octanol–water partition coefficient (Wildman–Crippen LogP) is 4.86. The minimum atomic E-state index is -1.28. The summed E-state index contributed by atoms with van der Waals surface area (Å²) >= 11 is 0. The molecule has 1 aliphatic rings. The third-order valence-corrected chi connectivity index (χ3v) is 5.67. The number of hydrogen-bond acceptors (Lipinski definition) is 3. The first-order chi connectivity index (χ1) is 13.9. The van der Waals surface area contributed by atoms with Crippen molar-refractivity contribution in [3.8, 4) is 0 Å². The van der Waals surface area contributed by atoms with Gasteiger partial charge in [0.2, 0.25) is 11.9 Å². The lowest BCUT2D eigenvalue weighted by Crippen LogP contribution is -2.30. The molecule has 148 valence electrons. The number of carbonyl (C=O) groups excluding carboxylic acids is 1. The third-order valence-electron chi connectivity index (χ3n) is 5.67. The van der Waals surface area contributed by atoms with E-state index in [1.807, 2.05) is 47.9 Å². The molecule has 1 atom stereocenters. The molecule has 0 bridgehead atoms. The zero-order chi connectivity index (χ0) is 20.6. The van der Waals surface area contributed by atoms with Crippen molar-refractivity contribution in [1.29, 1.82) is 0 Å². The van der Waals surface area contributed by atoms with E-state index in [2.05, 4.69) is 15.1 Å². The molecule has 6 nitrogen and oxygen atoms in total. The van der Waals surface area contributed by atoms with Gasteiger partial charge in [0.1, 0.15) is 0 Å². The second-order valence-corrected chi connectivity index (χ2v) is 8.04. The van der Waals surface area contributed by atoms with Crippen LogP contribution in [0.4, 0.5) is 11.6 Å². The summed E-state index contributed by atoms with van der Waals surface area (Å²) < 4.78 is 2.03. The predicted molar refractivity (Wildman–Crippen MR) is 113 cm³/mol. The van der Waals surface area contributed by atoms with E-state index >= 15 is 0 Å². The SMILES string of the molecule is [C-]#[N+]c1ccc2nc(NC(=O)C[C@](C)(O)c3ccc(C)cc3)n(C3CCC3)c2c1. The summed E-state index contributed by atoms with van der Waals surface area (Å²) in [7, 11) is 0. The van der Waals surface area contributed by atoms with Crippen LogP contribution in [0.5, 0.6) is 0 Å². The second-order valence-electron chi connectivity index (χ2n) is 8.04. The van der Waals surface area contributed by atoms with Crippen LogP contribution in [0.15, 0.2) is 42.5 Å². The number of anilines is 1. The molecule has 1 saturated carbocycles. The van der Waals surface area contributed by atoms with Gasteiger partial charge in [0, 0.05) is 6.04 Å². The molecule has 0 saturated heterocycles. The molecule has 1 amide bonds. The van der Waals surface area contributed by atoms with Gasteiger partial charge in [-0.15, -0.1) is 0 Å². The minimum absolute atomic E-state index is 0.0722. The molecule has 0 spiro atoms. The Bertz CT molecular complexity index is 1100. The molecule has 2 N–H and O–H groups in total. The van der Waals surface area contributed by atoms with Gasteiger partial charge in [-0.1, -0.05) is 35.9 Å². The molecule has 1 aromatic heterocycles. The largest absolute Gasteiger partial charge is 0.385 e. The molecular formula is C23H24N4O2. The van der Waals surface area contributed by atoms with Crippen LogP contribution in [-0.2, 0) is 10.4 Å². The number of hydrogen-bond donors (Lipinski definition) is 2. The average Bonchev–Trinajstić information content (AvgIpc) is 2.97. The Balaban J connectivity index is 1.60. The van der Waals surface area contributed by atoms with Crippen LogP contribution in [-0.4, -0.2) is 20.6 Å². The van der Waals surface area contributed by atoms with Crippen LogP contribution >= 0.6 is 0 Å². The van der Waals surface area contributed by atoms with Gasteiger partial charge >= 0.3 is 0 Å². The third kappa shape index (κ3) is 3.74. The van der Waals surface area contributed by atoms with Crippen LogP contribution in [0.1, 0.15) is 49.8 Å². The van der Waals surface area contributed by atoms with Gasteiger partial charge in [-0.2, -0.15) is 0 Å². The number of aliphatic hydroxyl groups is 1. The number of carbonyl (C=O) groups is 1. The Kier molecular flexibility index (Phi) is 4.85. The van der Waals surface area contributed by atoms with Gasteiger partial charge in [0.15, 0.2) is 5.69 Å². The van der Waals surface area contributed by atoms with Crippen LogP contribution in [0.25, 0.3) is 15.9 Å². The highest BCUT2D eigenvalue weighted by Crippen LogP contribution is 2.38. The average molecular weight is 388 g/mol. The van der Waals surface area contributed by atoms with E-state index in [1.165, 1.54) is 0 Å². The number of imidazole rings is 1. The number of benzene rings is 2. The van der Waals surface area contributed by atoms with Crippen molar-refractivity contribution < 1.29 is 9.90 Å². The van der Waals surface area contributed by atoms with E-state index in [0.717, 1.165) is 35.9 Å². The van der Waals surface area contributed by atoms with Gasteiger partial charge in [-0.25, -0.2) is 9.83 Å². The van der Waals surface area contributed by atoms with E-state index in [4.69, 9.17) is 6.57 Å². The van der Waals surface area contributed by atoms with E-state index in [1.54, 1.807) is 13.0 Å². The molecule has 0 aliphatic heterocycles. The zero-order valence-electron chi connectivity index (χ0n) is 16.6. The van der Waals surface area contributed by atoms with Crippen LogP contribution in [0.3, 0.4) is 0 Å². The molecule has 2 aromatic carbocycles. The first kappa shape index (κ1) is 19.2. The fourth-order valence-corrected chi connectivity index (χ4v) is 3.75. The molecule has 1 aliphatic carbocycles. The summed E-state index contributed by atoms with van der Waals surface area (Å²) in [6, 6.07) is 13.2. The molecule has 0 unspecified atom stereocenters. The highest BCUT2D eigenvalue weighted by molar-refractivity contribution is 5.93. The normalized spacial score (nSPS) is 16.1. The number of nitrogens with zero attached hydrogens (tertiary/aromatic N) is 3. The van der Waals surface area contributed by atoms with Crippen LogP contribution in [0.2, 0.25) is 0 Å². The van der Waals surface area contributed by atoms with E-state index in [-0.39, 0.29) is 18.4 Å². The molecule has 29 heavy (non-hydrogen) atoms. The van der Waals surface area contributed by atoms with Gasteiger partial charge in [0.25, 0.3) is 0 Å². The first-order valence-electron chi connectivity index (χ1n) is 9.86. The summed E-state index contributed by atoms with van der Waals surface area (Å²) in [5.74, 6) is 0.188. The summed E-state index contributed by atoms with van der Waals surface area (Å²) in [4.78, 5) is 20.9. The number of aromatic nitrogens is 2. The van der Waals surface area contributed by atoms with Gasteiger partial charge < -0.3 is 9.67 Å². The summed E-state index contributed by atoms with van der Waals surface area (Å²) in [6.45, 7) is 10.9. The quantitative estimate of drug-likeness (QED) is 0.613. The Morgan fingerprint density at radius 3 is 2.66 bits per heavy atom. The fraction of sp³-hybridized carbons (Fsp3) is 0.348. The molecular weight excluding hydrogens is 364 g/mol. The number of nitrogens with one attached hydrogen (secondary N) is 1. The van der Waals surface area contributed by atoms with E-state index in [0.29, 0.717) is 17.2 Å². The summed E-state index contributed by atoms with van der Waals surface area (Å²) in [5.41, 5.74) is 2.70. The smallest absolute Gasteiger partial charge is 0.229 e. The van der Waals surface area contributed by atoms with Crippen molar-refractivity contribution in [2.24, 2.45) is 0 Å². The lowest BCUT2D eigenvalue weighted by atomic mass is 9.91. The molecule has 1 fully saturated rings. The minimum Gasteiger partial charge on any atom is -0.385 e. The van der Waals surface area contributed by atoms with Gasteiger partial charge in [-0.3, -0.25) is 10.1 Å². The maximum absolute atomic E-state index is 12.8. The van der Waals surface area contributed by atoms with Crippen molar-refractivity contribution in [1.82, 2.24) is 9.55 Å². The van der Waals surface area contributed by atoms with Crippen molar-refractivity contribution in [2.45, 2.75) is 51.2 Å². The summed E-state index contributed by atoms with van der Waals surface area (Å²) in [6.07, 6.45) is 3.12. The van der Waals surface area contributed by atoms with Crippen molar-refractivity contribution >= 4 is 28.6 Å². The number of amides is 1. The Morgan fingerprint density at radius 2 is 2.03 bits per heavy atom. The summed E-state index contributed by atoms with van der Waals surface area (Å²) in [5, 5.41) is 13.7. The standard InChI is InChI=1S/C23H24N4O2/c1-15-7-9-16(10-8-15)23(2,29)14-21(28)26-22-25-19-12-11-17(24-3)13-20(19)27(22)18-5-4-6-18/h7-13,18,29H,4-6,14H2,1-2H3,(H,25,26,28)/t23-/m0/s1. The van der Waals surface area contributed by atoms with E-state index < -0.39 is 5.60 Å². The number of rotatable bonds is 5. The second kappa shape index (κ2) is 7.34. The lowest BCUT2D eigenvalue weighted by molar-refractivity contribution is -0.120. The van der Waals surface area contributed by atoms with Crippen molar-refractivity contribution in [2.75, 3.05) is 5.32 Å². The topological polar surface area (TPSA) is 71.5 Å². The molecule has 4 rings (SSSR count). The Labute approximate surface area is 170 Å². The fourth-order valence-electron chi connectivity index (χ4n) is 3.75. The van der Waals surface area contributed by atoms with Crippen molar-refractivity contribution in [3.63, 3.8) is 0 Å². The number of aryl methyl sites for hydroxylation is 1. The lowest BCUT2D eigenvalue weighted by Gasteiger charge is -2.29. The molecule has 3 aromatic rings. The monoisotopic (exact) mass is 388 g/mol. The maximum atomic E-state index is 12.8. The zero-order valence-corrected chi connectivity index (χ0v) is 16.6. The van der Waals surface area contributed by atoms with E-state index in [9.17, 15) is 9.90 Å². The van der Waals surface area contributed by atoms with Crippen LogP contribution < -0.4 is 5.32 Å². The van der Waals surface area contributed by atoms with Gasteiger partial charge in [0.05, 0.1) is 29.6 Å². The maximum Gasteiger partial charge on any atom is 0.229 e. The highest BCUT2D eigenvalue weighted by atomic mass is 16.3. The highest BCUT2D eigenvalue weighted by Gasteiger charge is 2.29. The Hall–Kier alpha value is -3.17. The Morgan fingerprint density at radius 1 is 1.31 bits per heavy atom. The van der Waals surface area contributed by atoms with Crippen LogP contribution in [0, 0.1) is 13.5 Å². The number of fused-ring (bicyclic) bond motifs is 1.